The van der Waals surface area contributed by atoms with Crippen molar-refractivity contribution in [1.82, 2.24) is 20.8 Å². The molecular formula is C25H32N4O3. The Labute approximate surface area is 188 Å². The molecule has 3 N–H and O–H groups in total. The van der Waals surface area contributed by atoms with Crippen molar-refractivity contribution in [3.8, 4) is 11.3 Å². The number of nitrogens with one attached hydrogen (secondary N) is 3. The van der Waals surface area contributed by atoms with E-state index in [-0.39, 0.29) is 11.7 Å². The highest BCUT2D eigenvalue weighted by Crippen LogP contribution is 2.24. The third-order valence-electron chi connectivity index (χ3n) is 4.92. The zero-order valence-corrected chi connectivity index (χ0v) is 19.0. The zero-order chi connectivity index (χ0) is 23.0. The van der Waals surface area contributed by atoms with Gasteiger partial charge in [-0.3, -0.25) is 4.79 Å². The quantitative estimate of drug-likeness (QED) is 0.433. The van der Waals surface area contributed by atoms with Gasteiger partial charge in [-0.15, -0.1) is 0 Å². The van der Waals surface area contributed by atoms with Crippen molar-refractivity contribution >= 4 is 16.9 Å². The van der Waals surface area contributed by atoms with Gasteiger partial charge in [-0.1, -0.05) is 42.8 Å². The van der Waals surface area contributed by atoms with Gasteiger partial charge in [0.05, 0.1) is 11.1 Å². The van der Waals surface area contributed by atoms with Gasteiger partial charge in [-0.25, -0.2) is 9.89 Å². The first-order valence-electron chi connectivity index (χ1n) is 11.1. The standard InChI is InChI=1S/C25H32N4O3/c1-25(2,3)32-24(31)27-15-8-4-7-14-26-17-18-10-9-11-19(16-18)22-20-12-5-6-13-21(20)23(30)29-28-22/h5-6,9-13,16,26H,4,7-8,14-15,17H2,1-3H3,(H,27,31)(H,29,30). The summed E-state index contributed by atoms with van der Waals surface area (Å²) in [7, 11) is 0. The second-order valence-electron chi connectivity index (χ2n) is 8.81. The Kier molecular flexibility index (Phi) is 8.00. The van der Waals surface area contributed by atoms with E-state index < -0.39 is 5.60 Å². The lowest BCUT2D eigenvalue weighted by Crippen LogP contribution is -2.33. The molecule has 0 aliphatic rings. The predicted octanol–water partition coefficient (Wildman–Crippen LogP) is 4.37. The highest BCUT2D eigenvalue weighted by atomic mass is 16.6. The Morgan fingerprint density at radius 3 is 2.53 bits per heavy atom. The van der Waals surface area contributed by atoms with Gasteiger partial charge in [0, 0.05) is 24.0 Å². The summed E-state index contributed by atoms with van der Waals surface area (Å²) in [6.07, 6.45) is 2.61. The van der Waals surface area contributed by atoms with Gasteiger partial charge in [0.1, 0.15) is 5.60 Å². The number of aromatic amines is 1. The Morgan fingerprint density at radius 1 is 1.00 bits per heavy atom. The molecule has 0 radical (unpaired) electrons. The molecule has 2 aromatic carbocycles. The lowest BCUT2D eigenvalue weighted by molar-refractivity contribution is 0.0527. The molecule has 0 fully saturated rings. The molecule has 7 nitrogen and oxygen atoms in total. The van der Waals surface area contributed by atoms with Crippen LogP contribution in [0.25, 0.3) is 22.0 Å². The van der Waals surface area contributed by atoms with E-state index in [2.05, 4.69) is 33.0 Å². The van der Waals surface area contributed by atoms with Crippen molar-refractivity contribution in [3.05, 3.63) is 64.4 Å². The van der Waals surface area contributed by atoms with Crippen molar-refractivity contribution in [3.63, 3.8) is 0 Å². The maximum atomic E-state index is 12.0. The van der Waals surface area contributed by atoms with Gasteiger partial charge < -0.3 is 15.4 Å². The number of carbonyl (C=O) groups excluding carboxylic acids is 1. The van der Waals surface area contributed by atoms with Crippen LogP contribution in [-0.2, 0) is 11.3 Å². The predicted molar refractivity (Wildman–Crippen MR) is 128 cm³/mol. The van der Waals surface area contributed by atoms with Crippen LogP contribution in [0.4, 0.5) is 4.79 Å². The van der Waals surface area contributed by atoms with Gasteiger partial charge in [-0.05, 0) is 57.9 Å². The van der Waals surface area contributed by atoms with Crippen LogP contribution < -0.4 is 16.2 Å². The number of fused-ring (bicyclic) bond motifs is 1. The van der Waals surface area contributed by atoms with Crippen molar-refractivity contribution in [2.24, 2.45) is 0 Å². The molecule has 0 spiro atoms. The Hall–Kier alpha value is -3.19. The largest absolute Gasteiger partial charge is 0.444 e. The minimum atomic E-state index is -0.466. The Morgan fingerprint density at radius 2 is 1.75 bits per heavy atom. The Bertz CT molecular complexity index is 1100. The molecule has 1 aromatic heterocycles. The van der Waals surface area contributed by atoms with Crippen LogP contribution in [0.3, 0.4) is 0 Å². The highest BCUT2D eigenvalue weighted by molar-refractivity contribution is 5.93. The van der Waals surface area contributed by atoms with Crippen molar-refractivity contribution in [2.75, 3.05) is 13.1 Å². The molecule has 3 aromatic rings. The zero-order valence-electron chi connectivity index (χ0n) is 19.0. The van der Waals surface area contributed by atoms with Crippen LogP contribution in [0.1, 0.15) is 45.6 Å². The summed E-state index contributed by atoms with van der Waals surface area (Å²) >= 11 is 0. The summed E-state index contributed by atoms with van der Waals surface area (Å²) in [6, 6.07) is 15.7. The van der Waals surface area contributed by atoms with Gasteiger partial charge in [0.2, 0.25) is 0 Å². The van der Waals surface area contributed by atoms with Crippen LogP contribution in [0, 0.1) is 0 Å². The average molecular weight is 437 g/mol. The number of aromatic nitrogens is 2. The first-order valence-corrected chi connectivity index (χ1v) is 11.1. The summed E-state index contributed by atoms with van der Waals surface area (Å²) in [5, 5.41) is 14.6. The third-order valence-corrected chi connectivity index (χ3v) is 4.92. The number of hydrogen-bond donors (Lipinski definition) is 3. The number of ether oxygens (including phenoxy) is 1. The molecule has 0 aliphatic carbocycles. The molecule has 170 valence electrons. The number of amides is 1. The second kappa shape index (κ2) is 10.9. The van der Waals surface area contributed by atoms with Gasteiger partial charge >= 0.3 is 6.09 Å². The SMILES string of the molecule is CC(C)(C)OC(=O)NCCCCCNCc1cccc(-c2n[nH]c(=O)c3ccccc23)c1. The van der Waals surface area contributed by atoms with Crippen molar-refractivity contribution < 1.29 is 9.53 Å². The number of rotatable bonds is 9. The average Bonchev–Trinajstić information content (AvgIpc) is 2.75. The maximum absolute atomic E-state index is 12.0. The first-order chi connectivity index (χ1) is 15.3. The molecule has 0 saturated heterocycles. The molecule has 1 heterocycles. The molecule has 0 aliphatic heterocycles. The number of H-pyrrole nitrogens is 1. The molecule has 1 amide bonds. The van der Waals surface area contributed by atoms with E-state index in [9.17, 15) is 9.59 Å². The van der Waals surface area contributed by atoms with Crippen LogP contribution in [0.2, 0.25) is 0 Å². The summed E-state index contributed by atoms with van der Waals surface area (Å²) in [5.41, 5.74) is 2.27. The normalized spacial score (nSPS) is 11.5. The van der Waals surface area contributed by atoms with E-state index >= 15 is 0 Å². The number of carbonyl (C=O) groups is 1. The monoisotopic (exact) mass is 436 g/mol. The van der Waals surface area contributed by atoms with Crippen LogP contribution in [-0.4, -0.2) is 35.0 Å². The van der Waals surface area contributed by atoms with Crippen LogP contribution in [0.5, 0.6) is 0 Å². The molecule has 0 unspecified atom stereocenters. The van der Waals surface area contributed by atoms with Crippen LogP contribution >= 0.6 is 0 Å². The highest BCUT2D eigenvalue weighted by Gasteiger charge is 2.15. The van der Waals surface area contributed by atoms with Crippen molar-refractivity contribution in [1.29, 1.82) is 0 Å². The van der Waals surface area contributed by atoms with E-state index in [1.54, 1.807) is 0 Å². The number of hydrogen-bond acceptors (Lipinski definition) is 5. The minimum absolute atomic E-state index is 0.177. The first kappa shape index (κ1) is 23.5. The smallest absolute Gasteiger partial charge is 0.407 e. The topological polar surface area (TPSA) is 96.1 Å². The fourth-order valence-corrected chi connectivity index (χ4v) is 3.45. The van der Waals surface area contributed by atoms with E-state index in [0.717, 1.165) is 54.6 Å². The van der Waals surface area contributed by atoms with Crippen LogP contribution in [0.15, 0.2) is 53.3 Å². The molecule has 3 rings (SSSR count). The summed E-state index contributed by atoms with van der Waals surface area (Å²) in [5.74, 6) is 0. The van der Waals surface area contributed by atoms with Gasteiger partial charge in [-0.2, -0.15) is 5.10 Å². The van der Waals surface area contributed by atoms with E-state index in [1.165, 1.54) is 0 Å². The Balaban J connectivity index is 1.44. The third kappa shape index (κ3) is 6.92. The number of alkyl carbamates (subject to hydrolysis) is 1. The molecule has 0 atom stereocenters. The molecule has 7 heteroatoms. The second-order valence-corrected chi connectivity index (χ2v) is 8.81. The summed E-state index contributed by atoms with van der Waals surface area (Å²) in [6.45, 7) is 7.84. The molecular weight excluding hydrogens is 404 g/mol. The van der Waals surface area contributed by atoms with Crippen molar-refractivity contribution in [2.45, 2.75) is 52.2 Å². The fraction of sp³-hybridized carbons (Fsp3) is 0.400. The number of unbranched alkanes of at least 4 members (excludes halogenated alkanes) is 2. The summed E-state index contributed by atoms with van der Waals surface area (Å²) < 4.78 is 5.22. The number of benzene rings is 2. The molecule has 0 saturated carbocycles. The lowest BCUT2D eigenvalue weighted by Gasteiger charge is -2.19. The summed E-state index contributed by atoms with van der Waals surface area (Å²) in [4.78, 5) is 23.6. The maximum Gasteiger partial charge on any atom is 0.407 e. The number of nitrogens with zero attached hydrogens (tertiary/aromatic N) is 1. The molecule has 32 heavy (non-hydrogen) atoms. The van der Waals surface area contributed by atoms with Gasteiger partial charge in [0.15, 0.2) is 0 Å². The molecule has 0 bridgehead atoms. The lowest BCUT2D eigenvalue weighted by atomic mass is 10.0. The van der Waals surface area contributed by atoms with E-state index in [0.29, 0.717) is 11.9 Å². The fourth-order valence-electron chi connectivity index (χ4n) is 3.45. The van der Waals surface area contributed by atoms with E-state index in [4.69, 9.17) is 4.74 Å². The minimum Gasteiger partial charge on any atom is -0.444 e. The van der Waals surface area contributed by atoms with Gasteiger partial charge in [0.25, 0.3) is 5.56 Å². The van der Waals surface area contributed by atoms with E-state index in [1.807, 2.05) is 57.2 Å².